The first-order chi connectivity index (χ1) is 14.6. The number of fused-ring (bicyclic) bond motifs is 2. The molecule has 1 heterocycles. The van der Waals surface area contributed by atoms with E-state index in [-0.39, 0.29) is 23.7 Å². The van der Waals surface area contributed by atoms with Crippen LogP contribution in [-0.2, 0) is 9.59 Å². The number of anilines is 1. The fourth-order valence-corrected chi connectivity index (χ4v) is 4.24. The van der Waals surface area contributed by atoms with Crippen LogP contribution in [0.25, 0.3) is 10.8 Å². The number of benzene rings is 3. The summed E-state index contributed by atoms with van der Waals surface area (Å²) in [7, 11) is 0. The minimum atomic E-state index is -0.491. The van der Waals surface area contributed by atoms with E-state index in [0.717, 1.165) is 10.8 Å². The van der Waals surface area contributed by atoms with Gasteiger partial charge in [-0.2, -0.15) is 0 Å². The molecule has 148 valence electrons. The molecular weight excluding hydrogens is 378 g/mol. The predicted molar refractivity (Wildman–Crippen MR) is 113 cm³/mol. The van der Waals surface area contributed by atoms with Crippen LogP contribution in [0.15, 0.2) is 78.9 Å². The Bertz CT molecular complexity index is 1160. The minimum absolute atomic E-state index is 0.166. The summed E-state index contributed by atoms with van der Waals surface area (Å²) in [5, 5.41) is 1.84. The third-order valence-electron chi connectivity index (χ3n) is 5.82. The monoisotopic (exact) mass is 397 g/mol. The number of allylic oxidation sites excluding steroid dienone is 2. The summed E-state index contributed by atoms with van der Waals surface area (Å²) in [6.45, 7) is 0. The lowest BCUT2D eigenvalue weighted by Crippen LogP contribution is -2.30. The van der Waals surface area contributed by atoms with Crippen LogP contribution >= 0.6 is 0 Å². The maximum Gasteiger partial charge on any atom is 0.343 e. The number of rotatable bonds is 3. The molecule has 1 aliphatic heterocycles. The van der Waals surface area contributed by atoms with E-state index in [9.17, 15) is 14.4 Å². The average Bonchev–Trinajstić information content (AvgIpc) is 3.04. The maximum atomic E-state index is 12.7. The molecule has 2 aliphatic rings. The number of esters is 1. The molecule has 2 amide bonds. The summed E-state index contributed by atoms with van der Waals surface area (Å²) >= 11 is 0. The van der Waals surface area contributed by atoms with E-state index in [1.54, 1.807) is 30.3 Å². The van der Waals surface area contributed by atoms with Gasteiger partial charge in [0, 0.05) is 5.39 Å². The quantitative estimate of drug-likeness (QED) is 0.282. The van der Waals surface area contributed by atoms with Crippen LogP contribution in [0.2, 0.25) is 0 Å². The number of imide groups is 1. The van der Waals surface area contributed by atoms with Crippen LogP contribution in [0, 0.1) is 11.8 Å². The van der Waals surface area contributed by atoms with E-state index in [2.05, 4.69) is 0 Å². The van der Waals surface area contributed by atoms with E-state index >= 15 is 0 Å². The number of ether oxygens (including phenoxy) is 1. The lowest BCUT2D eigenvalue weighted by atomic mass is 9.85. The highest BCUT2D eigenvalue weighted by Gasteiger charge is 2.47. The van der Waals surface area contributed by atoms with Crippen molar-refractivity contribution < 1.29 is 19.1 Å². The molecule has 5 nitrogen and oxygen atoms in total. The first-order valence-electron chi connectivity index (χ1n) is 9.96. The van der Waals surface area contributed by atoms with Crippen molar-refractivity contribution in [3.8, 4) is 5.75 Å². The Hall–Kier alpha value is -3.73. The van der Waals surface area contributed by atoms with E-state index < -0.39 is 5.97 Å². The van der Waals surface area contributed by atoms with Crippen molar-refractivity contribution >= 4 is 34.2 Å². The first kappa shape index (κ1) is 18.3. The predicted octanol–water partition coefficient (Wildman–Crippen LogP) is 4.51. The molecule has 1 aliphatic carbocycles. The highest BCUT2D eigenvalue weighted by Crippen LogP contribution is 2.37. The third kappa shape index (κ3) is 2.99. The van der Waals surface area contributed by atoms with E-state index in [0.29, 0.717) is 29.8 Å². The highest BCUT2D eigenvalue weighted by molar-refractivity contribution is 6.22. The van der Waals surface area contributed by atoms with E-state index in [4.69, 9.17) is 4.74 Å². The lowest BCUT2D eigenvalue weighted by Gasteiger charge is -2.15. The van der Waals surface area contributed by atoms with Crippen molar-refractivity contribution in [3.05, 3.63) is 84.4 Å². The maximum absolute atomic E-state index is 12.7. The molecule has 0 saturated carbocycles. The molecular formula is C25H19NO4. The molecule has 1 fully saturated rings. The standard InChI is InChI=1S/C25H19NO4/c27-23-20-9-3-4-10-21(20)24(28)26(23)18-14-12-17(13-15-18)25(29)30-22-11-5-7-16-6-1-2-8-19(16)22/h1-8,11-15,20-21H,9-10H2/t20-,21+. The molecule has 1 saturated heterocycles. The summed E-state index contributed by atoms with van der Waals surface area (Å²) < 4.78 is 5.60. The van der Waals surface area contributed by atoms with Gasteiger partial charge in [0.05, 0.1) is 23.1 Å². The van der Waals surface area contributed by atoms with Crippen LogP contribution < -0.4 is 9.64 Å². The number of hydrogen-bond donors (Lipinski definition) is 0. The number of hydrogen-bond acceptors (Lipinski definition) is 4. The molecule has 5 rings (SSSR count). The van der Waals surface area contributed by atoms with Gasteiger partial charge in [0.15, 0.2) is 0 Å². The second-order valence-electron chi connectivity index (χ2n) is 7.58. The molecule has 2 atom stereocenters. The smallest absolute Gasteiger partial charge is 0.343 e. The zero-order valence-corrected chi connectivity index (χ0v) is 16.2. The van der Waals surface area contributed by atoms with Gasteiger partial charge < -0.3 is 4.74 Å². The van der Waals surface area contributed by atoms with Gasteiger partial charge in [0.2, 0.25) is 11.8 Å². The zero-order valence-electron chi connectivity index (χ0n) is 16.2. The minimum Gasteiger partial charge on any atom is -0.422 e. The van der Waals surface area contributed by atoms with Crippen LogP contribution in [0.3, 0.4) is 0 Å². The Morgan fingerprint density at radius 1 is 0.800 bits per heavy atom. The van der Waals surface area contributed by atoms with Crippen molar-refractivity contribution in [2.24, 2.45) is 11.8 Å². The number of carbonyl (C=O) groups is 3. The van der Waals surface area contributed by atoms with Crippen LogP contribution in [-0.4, -0.2) is 17.8 Å². The summed E-state index contributed by atoms with van der Waals surface area (Å²) in [6, 6.07) is 19.7. The normalized spacial score (nSPS) is 20.5. The van der Waals surface area contributed by atoms with Gasteiger partial charge in [-0.3, -0.25) is 14.5 Å². The molecule has 0 radical (unpaired) electrons. The van der Waals surface area contributed by atoms with Crippen molar-refractivity contribution in [2.45, 2.75) is 12.8 Å². The topological polar surface area (TPSA) is 63.7 Å². The number of nitrogens with zero attached hydrogens (tertiary/aromatic N) is 1. The molecule has 3 aromatic carbocycles. The van der Waals surface area contributed by atoms with Crippen LogP contribution in [0.4, 0.5) is 5.69 Å². The zero-order chi connectivity index (χ0) is 20.7. The Balaban J connectivity index is 1.37. The van der Waals surface area contributed by atoms with Gasteiger partial charge in [0.25, 0.3) is 0 Å². The third-order valence-corrected chi connectivity index (χ3v) is 5.82. The molecule has 3 aromatic rings. The molecule has 30 heavy (non-hydrogen) atoms. The van der Waals surface area contributed by atoms with Gasteiger partial charge in [0.1, 0.15) is 5.75 Å². The largest absolute Gasteiger partial charge is 0.422 e. The first-order valence-corrected chi connectivity index (χ1v) is 9.96. The Morgan fingerprint density at radius 2 is 1.43 bits per heavy atom. The van der Waals surface area contributed by atoms with Gasteiger partial charge in [-0.1, -0.05) is 48.6 Å². The molecule has 0 bridgehead atoms. The Morgan fingerprint density at radius 3 is 2.13 bits per heavy atom. The van der Waals surface area contributed by atoms with Crippen molar-refractivity contribution in [2.75, 3.05) is 4.90 Å². The summed E-state index contributed by atoms with van der Waals surface area (Å²) in [6.07, 6.45) is 5.12. The van der Waals surface area contributed by atoms with Crippen molar-refractivity contribution in [1.29, 1.82) is 0 Å². The number of carbonyl (C=O) groups excluding carboxylic acids is 3. The molecule has 0 unspecified atom stereocenters. The summed E-state index contributed by atoms with van der Waals surface area (Å²) in [5.41, 5.74) is 0.839. The SMILES string of the molecule is O=C(Oc1cccc2ccccc12)c1ccc(N2C(=O)[C@H]3CC=CC[C@H]3C2=O)cc1. The number of amides is 2. The Labute approximate surface area is 173 Å². The van der Waals surface area contributed by atoms with Crippen LogP contribution in [0.1, 0.15) is 23.2 Å². The highest BCUT2D eigenvalue weighted by atomic mass is 16.5. The van der Waals surface area contributed by atoms with Gasteiger partial charge in [-0.05, 0) is 48.6 Å². The second kappa shape index (κ2) is 7.26. The summed E-state index contributed by atoms with van der Waals surface area (Å²) in [5.74, 6) is -0.892. The lowest BCUT2D eigenvalue weighted by molar-refractivity contribution is -0.122. The second-order valence-corrected chi connectivity index (χ2v) is 7.58. The van der Waals surface area contributed by atoms with Crippen molar-refractivity contribution in [1.82, 2.24) is 0 Å². The van der Waals surface area contributed by atoms with Gasteiger partial charge >= 0.3 is 5.97 Å². The Kier molecular flexibility index (Phi) is 4.43. The molecule has 0 aromatic heterocycles. The molecule has 0 N–H and O–H groups in total. The van der Waals surface area contributed by atoms with Gasteiger partial charge in [-0.15, -0.1) is 0 Å². The molecule has 0 spiro atoms. The van der Waals surface area contributed by atoms with Gasteiger partial charge in [-0.25, -0.2) is 4.79 Å². The molecule has 5 heteroatoms. The van der Waals surface area contributed by atoms with Crippen LogP contribution in [0.5, 0.6) is 5.75 Å². The van der Waals surface area contributed by atoms with E-state index in [1.807, 2.05) is 48.6 Å². The fraction of sp³-hybridized carbons (Fsp3) is 0.160. The summed E-state index contributed by atoms with van der Waals surface area (Å²) in [4.78, 5) is 39.3. The fourth-order valence-electron chi connectivity index (χ4n) is 4.24. The van der Waals surface area contributed by atoms with E-state index in [1.165, 1.54) is 4.90 Å². The average molecular weight is 397 g/mol. The van der Waals surface area contributed by atoms with Crippen molar-refractivity contribution in [3.63, 3.8) is 0 Å².